The number of halogens is 1. The van der Waals surface area contributed by atoms with E-state index < -0.39 is 0 Å². The Hall–Kier alpha value is 0.0700. The van der Waals surface area contributed by atoms with Crippen LogP contribution in [0.5, 0.6) is 0 Å². The van der Waals surface area contributed by atoms with Crippen LogP contribution in [0.4, 0.5) is 0 Å². The molecule has 0 fully saturated rings. The minimum absolute atomic E-state index is 0.186. The highest BCUT2D eigenvalue weighted by Gasteiger charge is 2.22. The number of alkyl halides is 1. The van der Waals surface area contributed by atoms with Gasteiger partial charge in [0.1, 0.15) is 5.01 Å². The van der Waals surface area contributed by atoms with Gasteiger partial charge in [0.15, 0.2) is 0 Å². The average molecular weight is 263 g/mol. The number of aromatic nitrogens is 1. The molecule has 0 aliphatic rings. The van der Waals surface area contributed by atoms with E-state index in [0.717, 1.165) is 11.9 Å². The number of hydrogen-bond acceptors (Lipinski definition) is 3. The topological polar surface area (TPSA) is 16.1 Å². The first-order chi connectivity index (χ1) is 6.06. The van der Waals surface area contributed by atoms with Crippen LogP contribution in [-0.2, 0) is 6.54 Å². The SMILES string of the molecule is CN(Cc1nccs1)C(C)(C)CBr. The number of hydrogen-bond donors (Lipinski definition) is 0. The van der Waals surface area contributed by atoms with Gasteiger partial charge >= 0.3 is 0 Å². The van der Waals surface area contributed by atoms with Gasteiger partial charge in [0.2, 0.25) is 0 Å². The minimum Gasteiger partial charge on any atom is -0.294 e. The Morgan fingerprint density at radius 2 is 2.31 bits per heavy atom. The normalized spacial score (nSPS) is 12.4. The number of thiazole rings is 1. The molecule has 1 rings (SSSR count). The molecule has 0 N–H and O–H groups in total. The zero-order valence-electron chi connectivity index (χ0n) is 8.25. The van der Waals surface area contributed by atoms with Gasteiger partial charge in [-0.25, -0.2) is 4.98 Å². The summed E-state index contributed by atoms with van der Waals surface area (Å²) in [6.07, 6.45) is 1.86. The van der Waals surface area contributed by atoms with E-state index in [1.165, 1.54) is 5.01 Å². The highest BCUT2D eigenvalue weighted by molar-refractivity contribution is 9.09. The van der Waals surface area contributed by atoms with Gasteiger partial charge in [-0.1, -0.05) is 15.9 Å². The molecule has 74 valence electrons. The molecule has 1 aromatic heterocycles. The molecule has 0 atom stereocenters. The van der Waals surface area contributed by atoms with Gasteiger partial charge in [0, 0.05) is 22.4 Å². The van der Waals surface area contributed by atoms with E-state index in [2.05, 4.69) is 46.7 Å². The Balaban J connectivity index is 2.55. The monoisotopic (exact) mass is 262 g/mol. The zero-order valence-corrected chi connectivity index (χ0v) is 10.7. The lowest BCUT2D eigenvalue weighted by Crippen LogP contribution is -2.41. The van der Waals surface area contributed by atoms with E-state index in [4.69, 9.17) is 0 Å². The Morgan fingerprint density at radius 1 is 1.62 bits per heavy atom. The van der Waals surface area contributed by atoms with Gasteiger partial charge in [0.25, 0.3) is 0 Å². The number of rotatable bonds is 4. The lowest BCUT2D eigenvalue weighted by molar-refractivity contribution is 0.173. The second kappa shape index (κ2) is 4.53. The van der Waals surface area contributed by atoms with E-state index in [1.807, 2.05) is 11.6 Å². The molecule has 0 bridgehead atoms. The predicted molar refractivity (Wildman–Crippen MR) is 61.5 cm³/mol. The maximum atomic E-state index is 4.27. The summed E-state index contributed by atoms with van der Waals surface area (Å²) in [5.74, 6) is 0. The van der Waals surface area contributed by atoms with E-state index in [9.17, 15) is 0 Å². The smallest absolute Gasteiger partial charge is 0.107 e. The maximum Gasteiger partial charge on any atom is 0.107 e. The van der Waals surface area contributed by atoms with E-state index >= 15 is 0 Å². The van der Waals surface area contributed by atoms with Gasteiger partial charge in [-0.2, -0.15) is 0 Å². The Labute approximate surface area is 92.1 Å². The van der Waals surface area contributed by atoms with Crippen molar-refractivity contribution in [2.45, 2.75) is 25.9 Å². The molecule has 0 aliphatic carbocycles. The Kier molecular flexibility index (Phi) is 3.88. The van der Waals surface area contributed by atoms with E-state index in [0.29, 0.717) is 0 Å². The average Bonchev–Trinajstić information content (AvgIpc) is 2.57. The molecule has 1 aromatic rings. The third-order valence-corrected chi connectivity index (χ3v) is 4.35. The molecule has 0 aliphatic heterocycles. The fraction of sp³-hybridized carbons (Fsp3) is 0.667. The van der Waals surface area contributed by atoms with Crippen molar-refractivity contribution in [1.29, 1.82) is 0 Å². The molecular formula is C9H15BrN2S. The van der Waals surface area contributed by atoms with Crippen LogP contribution in [-0.4, -0.2) is 27.8 Å². The van der Waals surface area contributed by atoms with Crippen molar-refractivity contribution in [1.82, 2.24) is 9.88 Å². The van der Waals surface area contributed by atoms with Gasteiger partial charge in [-0.3, -0.25) is 4.90 Å². The van der Waals surface area contributed by atoms with Crippen molar-refractivity contribution >= 4 is 27.3 Å². The molecule has 1 heterocycles. The summed E-state index contributed by atoms with van der Waals surface area (Å²) in [7, 11) is 2.13. The Bertz CT molecular complexity index is 246. The van der Waals surface area contributed by atoms with Crippen LogP contribution < -0.4 is 0 Å². The summed E-state index contributed by atoms with van der Waals surface area (Å²) in [5.41, 5.74) is 0.186. The Morgan fingerprint density at radius 3 is 2.77 bits per heavy atom. The van der Waals surface area contributed by atoms with Crippen molar-refractivity contribution in [2.75, 3.05) is 12.4 Å². The van der Waals surface area contributed by atoms with Crippen molar-refractivity contribution in [3.05, 3.63) is 16.6 Å². The molecule has 0 spiro atoms. The lowest BCUT2D eigenvalue weighted by atomic mass is 10.1. The maximum absolute atomic E-state index is 4.27. The summed E-state index contributed by atoms with van der Waals surface area (Å²) in [4.78, 5) is 6.57. The van der Waals surface area contributed by atoms with Crippen molar-refractivity contribution in [2.24, 2.45) is 0 Å². The summed E-state index contributed by atoms with van der Waals surface area (Å²) in [6.45, 7) is 5.36. The molecular weight excluding hydrogens is 248 g/mol. The van der Waals surface area contributed by atoms with Crippen LogP contribution in [0.3, 0.4) is 0 Å². The summed E-state index contributed by atoms with van der Waals surface area (Å²) < 4.78 is 0. The van der Waals surface area contributed by atoms with Gasteiger partial charge in [0.05, 0.1) is 6.54 Å². The first-order valence-corrected chi connectivity index (χ1v) is 6.22. The highest BCUT2D eigenvalue weighted by atomic mass is 79.9. The molecule has 2 nitrogen and oxygen atoms in total. The van der Waals surface area contributed by atoms with Crippen LogP contribution in [0.15, 0.2) is 11.6 Å². The first-order valence-electron chi connectivity index (χ1n) is 4.22. The molecule has 0 saturated heterocycles. The highest BCUT2D eigenvalue weighted by Crippen LogP contribution is 2.18. The van der Waals surface area contributed by atoms with Crippen molar-refractivity contribution < 1.29 is 0 Å². The van der Waals surface area contributed by atoms with Crippen LogP contribution in [0, 0.1) is 0 Å². The molecule has 13 heavy (non-hydrogen) atoms. The van der Waals surface area contributed by atoms with Crippen LogP contribution in [0.2, 0.25) is 0 Å². The van der Waals surface area contributed by atoms with Crippen LogP contribution >= 0.6 is 27.3 Å². The molecule has 0 radical (unpaired) electrons. The van der Waals surface area contributed by atoms with Crippen LogP contribution in [0.1, 0.15) is 18.9 Å². The van der Waals surface area contributed by atoms with E-state index in [-0.39, 0.29) is 5.54 Å². The molecule has 0 aromatic carbocycles. The first kappa shape index (κ1) is 11.1. The summed E-state index contributed by atoms with van der Waals surface area (Å²) in [6, 6.07) is 0. The fourth-order valence-electron chi connectivity index (χ4n) is 0.850. The molecule has 4 heteroatoms. The predicted octanol–water partition coefficient (Wildman–Crippen LogP) is 2.75. The third-order valence-electron chi connectivity index (χ3n) is 2.22. The van der Waals surface area contributed by atoms with Crippen LogP contribution in [0.25, 0.3) is 0 Å². The largest absolute Gasteiger partial charge is 0.294 e. The fourth-order valence-corrected chi connectivity index (χ4v) is 1.95. The molecule has 0 amide bonds. The summed E-state index contributed by atoms with van der Waals surface area (Å²) in [5, 5.41) is 4.17. The summed E-state index contributed by atoms with van der Waals surface area (Å²) >= 11 is 5.23. The zero-order chi connectivity index (χ0) is 9.90. The second-order valence-electron chi connectivity index (χ2n) is 3.73. The quantitative estimate of drug-likeness (QED) is 0.776. The lowest BCUT2D eigenvalue weighted by Gasteiger charge is -2.33. The van der Waals surface area contributed by atoms with Gasteiger partial charge in [-0.05, 0) is 20.9 Å². The third kappa shape index (κ3) is 3.04. The molecule has 0 unspecified atom stereocenters. The number of nitrogens with zero attached hydrogens (tertiary/aromatic N) is 2. The van der Waals surface area contributed by atoms with Crippen molar-refractivity contribution in [3.8, 4) is 0 Å². The van der Waals surface area contributed by atoms with Gasteiger partial charge < -0.3 is 0 Å². The molecule has 0 saturated carbocycles. The van der Waals surface area contributed by atoms with E-state index in [1.54, 1.807) is 11.3 Å². The van der Waals surface area contributed by atoms with Crippen molar-refractivity contribution in [3.63, 3.8) is 0 Å². The van der Waals surface area contributed by atoms with Gasteiger partial charge in [-0.15, -0.1) is 11.3 Å². The second-order valence-corrected chi connectivity index (χ2v) is 5.27. The minimum atomic E-state index is 0.186. The standard InChI is InChI=1S/C9H15BrN2S/c1-9(2,7-10)12(3)6-8-11-4-5-13-8/h4-5H,6-7H2,1-3H3.